The maximum Gasteiger partial charge on any atom is 0.167 e. The van der Waals surface area contributed by atoms with Crippen molar-refractivity contribution >= 4 is 21.4 Å². The topological polar surface area (TPSA) is 35.3 Å². The van der Waals surface area contributed by atoms with E-state index in [9.17, 15) is 0 Å². The van der Waals surface area contributed by atoms with Crippen LogP contribution in [0.3, 0.4) is 0 Å². The van der Waals surface area contributed by atoms with Gasteiger partial charge in [0.1, 0.15) is 11.4 Å². The highest BCUT2D eigenvalue weighted by Crippen LogP contribution is 2.39. The van der Waals surface area contributed by atoms with Gasteiger partial charge in [0.15, 0.2) is 5.76 Å². The monoisotopic (exact) mass is 307 g/mol. The van der Waals surface area contributed by atoms with Crippen molar-refractivity contribution in [2.24, 2.45) is 0 Å². The Labute approximate surface area is 131 Å². The third-order valence-corrected chi connectivity index (χ3v) is 4.52. The third-order valence-electron chi connectivity index (χ3n) is 3.63. The molecule has 0 saturated carbocycles. The summed E-state index contributed by atoms with van der Waals surface area (Å²) in [6.45, 7) is 0. The smallest absolute Gasteiger partial charge is 0.167 e. The Bertz CT molecular complexity index is 925. The molecule has 0 spiro atoms. The van der Waals surface area contributed by atoms with Crippen LogP contribution in [0.5, 0.6) is 5.75 Å². The lowest BCUT2D eigenvalue weighted by Gasteiger charge is -2.07. The minimum absolute atomic E-state index is 0.753. The quantitative estimate of drug-likeness (QED) is 0.519. The Morgan fingerprint density at radius 1 is 1.05 bits per heavy atom. The number of benzene rings is 2. The van der Waals surface area contributed by atoms with Gasteiger partial charge in [-0.1, -0.05) is 35.5 Å². The first kappa shape index (κ1) is 13.1. The molecule has 0 aliphatic heterocycles. The largest absolute Gasteiger partial charge is 0.495 e. The van der Waals surface area contributed by atoms with E-state index in [4.69, 9.17) is 9.26 Å². The summed E-state index contributed by atoms with van der Waals surface area (Å²) < 4.78 is 12.3. The number of fused-ring (bicyclic) bond motifs is 1. The molecule has 0 N–H and O–H groups in total. The third kappa shape index (κ3) is 2.09. The molecule has 4 heteroatoms. The average molecular weight is 307 g/mol. The number of nitrogens with zero attached hydrogens (tertiary/aromatic N) is 1. The number of thiophene rings is 1. The van der Waals surface area contributed by atoms with E-state index in [-0.39, 0.29) is 0 Å². The highest BCUT2D eigenvalue weighted by Gasteiger charge is 2.15. The van der Waals surface area contributed by atoms with E-state index < -0.39 is 0 Å². The normalized spacial score (nSPS) is 11.0. The lowest BCUT2D eigenvalue weighted by atomic mass is 10.1. The molecule has 2 aromatic heterocycles. The number of methoxy groups -OCH3 is 1. The highest BCUT2D eigenvalue weighted by molar-refractivity contribution is 7.17. The summed E-state index contributed by atoms with van der Waals surface area (Å²) in [4.78, 5) is 0. The molecule has 0 amide bonds. The Kier molecular flexibility index (Phi) is 3.16. The minimum atomic E-state index is 0.753. The van der Waals surface area contributed by atoms with Crippen molar-refractivity contribution in [1.29, 1.82) is 0 Å². The zero-order valence-electron chi connectivity index (χ0n) is 11.9. The molecule has 4 aromatic rings. The standard InChI is InChI=1S/C18H13NO2S/c1-20-18-13(7-8-17-14(18)9-10-22-17)15-11-16(21-19-15)12-5-3-2-4-6-12/h2-11H,1H3. The molecule has 0 bridgehead atoms. The van der Waals surface area contributed by atoms with E-state index >= 15 is 0 Å². The van der Waals surface area contributed by atoms with E-state index in [1.54, 1.807) is 18.4 Å². The first-order valence-corrected chi connectivity index (χ1v) is 7.81. The van der Waals surface area contributed by atoms with Crippen LogP contribution in [0, 0.1) is 0 Å². The predicted octanol–water partition coefficient (Wildman–Crippen LogP) is 5.23. The number of rotatable bonds is 3. The molecule has 22 heavy (non-hydrogen) atoms. The van der Waals surface area contributed by atoms with Crippen molar-refractivity contribution in [3.63, 3.8) is 0 Å². The lowest BCUT2D eigenvalue weighted by molar-refractivity contribution is 0.418. The summed E-state index contributed by atoms with van der Waals surface area (Å²) in [6.07, 6.45) is 0. The Morgan fingerprint density at radius 3 is 2.73 bits per heavy atom. The summed E-state index contributed by atoms with van der Waals surface area (Å²) in [7, 11) is 1.69. The van der Waals surface area contributed by atoms with Crippen LogP contribution in [0.25, 0.3) is 32.7 Å². The van der Waals surface area contributed by atoms with Gasteiger partial charge in [0.25, 0.3) is 0 Å². The van der Waals surface area contributed by atoms with Crippen LogP contribution in [0.1, 0.15) is 0 Å². The zero-order valence-corrected chi connectivity index (χ0v) is 12.8. The molecule has 2 heterocycles. The summed E-state index contributed by atoms with van der Waals surface area (Å²) >= 11 is 1.70. The number of hydrogen-bond donors (Lipinski definition) is 0. The van der Waals surface area contributed by atoms with E-state index in [0.29, 0.717) is 0 Å². The fourth-order valence-electron chi connectivity index (χ4n) is 2.58. The fraction of sp³-hybridized carbons (Fsp3) is 0.0556. The van der Waals surface area contributed by atoms with Gasteiger partial charge in [0.05, 0.1) is 7.11 Å². The number of ether oxygens (including phenoxy) is 1. The van der Waals surface area contributed by atoms with Gasteiger partial charge in [-0.15, -0.1) is 11.3 Å². The molecule has 3 nitrogen and oxygen atoms in total. The van der Waals surface area contributed by atoms with Crippen LogP contribution in [-0.4, -0.2) is 12.3 Å². The lowest BCUT2D eigenvalue weighted by Crippen LogP contribution is -1.88. The van der Waals surface area contributed by atoms with Crippen molar-refractivity contribution in [3.8, 4) is 28.3 Å². The van der Waals surface area contributed by atoms with Crippen LogP contribution in [0.2, 0.25) is 0 Å². The van der Waals surface area contributed by atoms with E-state index in [1.807, 2.05) is 42.5 Å². The molecule has 0 fully saturated rings. The molecule has 2 aromatic carbocycles. The maximum atomic E-state index is 5.61. The van der Waals surface area contributed by atoms with Crippen molar-refractivity contribution in [3.05, 3.63) is 60.0 Å². The highest BCUT2D eigenvalue weighted by atomic mass is 32.1. The van der Waals surface area contributed by atoms with Gasteiger partial charge in [0, 0.05) is 27.3 Å². The molecule has 4 rings (SSSR count). The van der Waals surface area contributed by atoms with Crippen molar-refractivity contribution in [2.75, 3.05) is 7.11 Å². The second-order valence-corrected chi connectivity index (χ2v) is 5.87. The average Bonchev–Trinajstić information content (AvgIpc) is 3.23. The first-order chi connectivity index (χ1) is 10.9. The van der Waals surface area contributed by atoms with Gasteiger partial charge >= 0.3 is 0 Å². The van der Waals surface area contributed by atoms with Gasteiger partial charge in [-0.25, -0.2) is 0 Å². The van der Waals surface area contributed by atoms with Crippen molar-refractivity contribution < 1.29 is 9.26 Å². The van der Waals surface area contributed by atoms with Crippen LogP contribution in [0.15, 0.2) is 64.5 Å². The zero-order chi connectivity index (χ0) is 14.9. The first-order valence-electron chi connectivity index (χ1n) is 6.93. The summed E-state index contributed by atoms with van der Waals surface area (Å²) in [5.41, 5.74) is 2.74. The van der Waals surface area contributed by atoms with E-state index in [0.717, 1.165) is 33.7 Å². The van der Waals surface area contributed by atoms with Crippen molar-refractivity contribution in [2.45, 2.75) is 0 Å². The van der Waals surface area contributed by atoms with Gasteiger partial charge in [-0.3, -0.25) is 0 Å². The van der Waals surface area contributed by atoms with E-state index in [2.05, 4.69) is 22.7 Å². The Balaban J connectivity index is 1.84. The fourth-order valence-corrected chi connectivity index (χ4v) is 3.36. The maximum absolute atomic E-state index is 5.61. The van der Waals surface area contributed by atoms with Gasteiger partial charge in [-0.05, 0) is 23.6 Å². The summed E-state index contributed by atoms with van der Waals surface area (Å²) in [6, 6.07) is 18.1. The predicted molar refractivity (Wildman–Crippen MR) is 89.3 cm³/mol. The molecule has 0 atom stereocenters. The second-order valence-electron chi connectivity index (χ2n) is 4.92. The summed E-state index contributed by atoms with van der Waals surface area (Å²) in [5, 5.41) is 7.38. The van der Waals surface area contributed by atoms with Crippen molar-refractivity contribution in [1.82, 2.24) is 5.16 Å². The Morgan fingerprint density at radius 2 is 1.91 bits per heavy atom. The van der Waals surface area contributed by atoms with Crippen LogP contribution < -0.4 is 4.74 Å². The minimum Gasteiger partial charge on any atom is -0.495 e. The molecular weight excluding hydrogens is 294 g/mol. The SMILES string of the molecule is COc1c(-c2cc(-c3ccccc3)on2)ccc2sccc12. The van der Waals surface area contributed by atoms with Gasteiger partial charge in [-0.2, -0.15) is 0 Å². The van der Waals surface area contributed by atoms with E-state index in [1.165, 1.54) is 4.70 Å². The summed E-state index contributed by atoms with van der Waals surface area (Å²) in [5.74, 6) is 1.59. The van der Waals surface area contributed by atoms with Crippen LogP contribution in [0.4, 0.5) is 0 Å². The number of hydrogen-bond acceptors (Lipinski definition) is 4. The molecule has 0 aliphatic rings. The second kappa shape index (κ2) is 5.31. The Hall–Kier alpha value is -2.59. The van der Waals surface area contributed by atoms with Crippen LogP contribution >= 0.6 is 11.3 Å². The van der Waals surface area contributed by atoms with Gasteiger partial charge < -0.3 is 9.26 Å². The molecule has 0 saturated heterocycles. The molecule has 0 radical (unpaired) electrons. The molecule has 108 valence electrons. The molecule has 0 unspecified atom stereocenters. The molecule has 0 aliphatic carbocycles. The molecular formula is C18H13NO2S. The number of aromatic nitrogens is 1. The van der Waals surface area contributed by atoms with Crippen LogP contribution in [-0.2, 0) is 0 Å². The van der Waals surface area contributed by atoms with Gasteiger partial charge in [0.2, 0.25) is 0 Å².